The van der Waals surface area contributed by atoms with Gasteiger partial charge in [-0.1, -0.05) is 0 Å². The van der Waals surface area contributed by atoms with Crippen LogP contribution in [0.3, 0.4) is 0 Å². The Balaban J connectivity index is 2.09. The molecule has 2 N–H and O–H groups in total. The van der Waals surface area contributed by atoms with Crippen LogP contribution < -0.4 is 4.72 Å². The molecule has 1 aliphatic heterocycles. The molecule has 0 amide bonds. The SMILES string of the molecule is CC1OCCC1(O)CNS(=O)(=O)c1sccc1Br. The van der Waals surface area contributed by atoms with Crippen LogP contribution in [0.15, 0.2) is 20.1 Å². The van der Waals surface area contributed by atoms with E-state index in [2.05, 4.69) is 20.7 Å². The van der Waals surface area contributed by atoms with Crippen molar-refractivity contribution in [2.24, 2.45) is 0 Å². The molecule has 2 rings (SSSR count). The fourth-order valence-corrected chi connectivity index (χ4v) is 5.24. The monoisotopic (exact) mass is 355 g/mol. The summed E-state index contributed by atoms with van der Waals surface area (Å²) in [6.07, 6.45) is 0.0643. The van der Waals surface area contributed by atoms with Gasteiger partial charge in [0.25, 0.3) is 10.0 Å². The lowest BCUT2D eigenvalue weighted by molar-refractivity contribution is -0.0228. The van der Waals surface area contributed by atoms with E-state index in [1.165, 1.54) is 0 Å². The summed E-state index contributed by atoms with van der Waals surface area (Å²) in [7, 11) is -3.59. The largest absolute Gasteiger partial charge is 0.386 e. The molecule has 5 nitrogen and oxygen atoms in total. The Bertz CT molecular complexity index is 530. The number of hydrogen-bond acceptors (Lipinski definition) is 5. The molecular weight excluding hydrogens is 342 g/mol. The number of aliphatic hydroxyl groups is 1. The minimum absolute atomic E-state index is 0.0408. The zero-order valence-electron chi connectivity index (χ0n) is 9.72. The van der Waals surface area contributed by atoms with Gasteiger partial charge in [0.1, 0.15) is 9.81 Å². The fourth-order valence-electron chi connectivity index (χ4n) is 1.76. The van der Waals surface area contributed by atoms with Gasteiger partial charge >= 0.3 is 0 Å². The number of hydrogen-bond donors (Lipinski definition) is 2. The third-order valence-corrected chi connectivity index (χ3v) is 7.13. The van der Waals surface area contributed by atoms with Crippen LogP contribution in [0.1, 0.15) is 13.3 Å². The Morgan fingerprint density at radius 1 is 1.72 bits per heavy atom. The molecule has 0 aromatic carbocycles. The van der Waals surface area contributed by atoms with Crippen molar-refractivity contribution >= 4 is 37.3 Å². The highest BCUT2D eigenvalue weighted by Crippen LogP contribution is 2.29. The third-order valence-electron chi connectivity index (χ3n) is 3.06. The second-order valence-electron chi connectivity index (χ2n) is 4.25. The van der Waals surface area contributed by atoms with Gasteiger partial charge in [0.2, 0.25) is 0 Å². The molecule has 0 aliphatic carbocycles. The third kappa shape index (κ3) is 2.78. The lowest BCUT2D eigenvalue weighted by atomic mass is 9.97. The molecule has 1 aromatic heterocycles. The van der Waals surface area contributed by atoms with Gasteiger partial charge < -0.3 is 9.84 Å². The Morgan fingerprint density at radius 2 is 2.44 bits per heavy atom. The lowest BCUT2D eigenvalue weighted by Gasteiger charge is -2.25. The van der Waals surface area contributed by atoms with Crippen molar-refractivity contribution in [2.75, 3.05) is 13.2 Å². The number of thiophene rings is 1. The molecular formula is C10H14BrNO4S2. The minimum atomic E-state index is -3.59. The van der Waals surface area contributed by atoms with Gasteiger partial charge in [-0.2, -0.15) is 0 Å². The van der Waals surface area contributed by atoms with Crippen molar-refractivity contribution in [3.05, 3.63) is 15.9 Å². The first-order chi connectivity index (χ1) is 8.35. The summed E-state index contributed by atoms with van der Waals surface area (Å²) in [6.45, 7) is 2.14. The highest BCUT2D eigenvalue weighted by Gasteiger charge is 2.40. The number of rotatable bonds is 4. The molecule has 0 saturated carbocycles. The molecule has 0 radical (unpaired) electrons. The molecule has 1 fully saturated rings. The standard InChI is InChI=1S/C10H14BrNO4S2/c1-7-10(13,3-4-16-7)6-12-18(14,15)9-8(11)2-5-17-9/h2,5,7,12-13H,3-4,6H2,1H3. The van der Waals surface area contributed by atoms with Crippen molar-refractivity contribution in [3.63, 3.8) is 0 Å². The molecule has 2 heterocycles. The van der Waals surface area contributed by atoms with Crippen molar-refractivity contribution in [3.8, 4) is 0 Å². The van der Waals surface area contributed by atoms with Gasteiger partial charge in [-0.3, -0.25) is 0 Å². The maximum atomic E-state index is 12.0. The van der Waals surface area contributed by atoms with E-state index in [1.807, 2.05) is 0 Å². The molecule has 1 aromatic rings. The molecule has 18 heavy (non-hydrogen) atoms. The van der Waals surface area contributed by atoms with E-state index >= 15 is 0 Å². The van der Waals surface area contributed by atoms with Crippen molar-refractivity contribution in [2.45, 2.75) is 29.3 Å². The van der Waals surface area contributed by atoms with E-state index in [0.29, 0.717) is 17.5 Å². The highest BCUT2D eigenvalue weighted by molar-refractivity contribution is 9.10. The quantitative estimate of drug-likeness (QED) is 0.854. The van der Waals surface area contributed by atoms with E-state index in [1.54, 1.807) is 18.4 Å². The van der Waals surface area contributed by atoms with Crippen LogP contribution in [0, 0.1) is 0 Å². The van der Waals surface area contributed by atoms with E-state index in [4.69, 9.17) is 4.74 Å². The van der Waals surface area contributed by atoms with Crippen LogP contribution in [0.25, 0.3) is 0 Å². The Kier molecular flexibility index (Phi) is 4.15. The van der Waals surface area contributed by atoms with Crippen molar-refractivity contribution in [1.82, 2.24) is 4.72 Å². The van der Waals surface area contributed by atoms with E-state index in [0.717, 1.165) is 11.3 Å². The molecule has 1 saturated heterocycles. The summed E-state index contributed by atoms with van der Waals surface area (Å²) in [6, 6.07) is 1.68. The first-order valence-corrected chi connectivity index (χ1v) is 8.57. The molecule has 0 spiro atoms. The second kappa shape index (κ2) is 5.18. The summed E-state index contributed by atoms with van der Waals surface area (Å²) in [5, 5.41) is 11.9. The van der Waals surface area contributed by atoms with Crippen LogP contribution in [0.5, 0.6) is 0 Å². The van der Waals surface area contributed by atoms with Crippen molar-refractivity contribution in [1.29, 1.82) is 0 Å². The van der Waals surface area contributed by atoms with Crippen LogP contribution in [0.2, 0.25) is 0 Å². The number of halogens is 1. The topological polar surface area (TPSA) is 75.6 Å². The van der Waals surface area contributed by atoms with Crippen LogP contribution in [0.4, 0.5) is 0 Å². The van der Waals surface area contributed by atoms with Crippen molar-refractivity contribution < 1.29 is 18.3 Å². The molecule has 2 atom stereocenters. The van der Waals surface area contributed by atoms with Gasteiger partial charge in [-0.05, 0) is 34.3 Å². The van der Waals surface area contributed by atoms with Gasteiger partial charge in [-0.15, -0.1) is 11.3 Å². The van der Waals surface area contributed by atoms with E-state index in [-0.39, 0.29) is 16.9 Å². The van der Waals surface area contributed by atoms with Gasteiger partial charge in [-0.25, -0.2) is 13.1 Å². The van der Waals surface area contributed by atoms with E-state index in [9.17, 15) is 13.5 Å². The molecule has 8 heteroatoms. The summed E-state index contributed by atoms with van der Waals surface area (Å²) in [5.74, 6) is 0. The van der Waals surface area contributed by atoms with E-state index < -0.39 is 15.6 Å². The zero-order chi connectivity index (χ0) is 13.4. The molecule has 1 aliphatic rings. The van der Waals surface area contributed by atoms with Crippen LogP contribution in [-0.4, -0.2) is 38.4 Å². The minimum Gasteiger partial charge on any atom is -0.386 e. The number of ether oxygens (including phenoxy) is 1. The summed E-state index contributed by atoms with van der Waals surface area (Å²) in [4.78, 5) is 0. The first-order valence-electron chi connectivity index (χ1n) is 5.42. The Hall–Kier alpha value is 0.01000. The Morgan fingerprint density at radius 3 is 2.94 bits per heavy atom. The zero-order valence-corrected chi connectivity index (χ0v) is 12.9. The summed E-state index contributed by atoms with van der Waals surface area (Å²) < 4.78 is 32.5. The fraction of sp³-hybridized carbons (Fsp3) is 0.600. The predicted octanol–water partition coefficient (Wildman–Crippen LogP) is 1.33. The number of sulfonamides is 1. The van der Waals surface area contributed by atoms with Gasteiger partial charge in [0, 0.05) is 24.0 Å². The first kappa shape index (κ1) is 14.4. The average Bonchev–Trinajstić information content (AvgIpc) is 2.85. The summed E-state index contributed by atoms with van der Waals surface area (Å²) >= 11 is 4.31. The highest BCUT2D eigenvalue weighted by atomic mass is 79.9. The maximum absolute atomic E-state index is 12.0. The maximum Gasteiger partial charge on any atom is 0.251 e. The summed E-state index contributed by atoms with van der Waals surface area (Å²) in [5.41, 5.74) is -1.13. The van der Waals surface area contributed by atoms with Crippen LogP contribution in [-0.2, 0) is 14.8 Å². The average molecular weight is 356 g/mol. The normalized spacial score (nSPS) is 28.7. The predicted molar refractivity (Wildman–Crippen MR) is 72.2 cm³/mol. The van der Waals surface area contributed by atoms with Gasteiger partial charge in [0.05, 0.1) is 6.10 Å². The molecule has 2 unspecified atom stereocenters. The Labute approximate surface area is 118 Å². The van der Waals surface area contributed by atoms with Crippen LogP contribution >= 0.6 is 27.3 Å². The molecule has 102 valence electrons. The molecule has 0 bridgehead atoms. The lowest BCUT2D eigenvalue weighted by Crippen LogP contribution is -2.47. The second-order valence-corrected chi connectivity index (χ2v) is 7.98. The number of nitrogens with one attached hydrogen (secondary N) is 1. The smallest absolute Gasteiger partial charge is 0.251 e. The van der Waals surface area contributed by atoms with Gasteiger partial charge in [0.15, 0.2) is 0 Å².